The molecule has 0 aromatic carbocycles. The number of hydrogen-bond donors (Lipinski definition) is 0. The molecule has 1 saturated heterocycles. The highest BCUT2D eigenvalue weighted by Gasteiger charge is 2.42. The molecule has 1 heterocycles. The lowest BCUT2D eigenvalue weighted by Crippen LogP contribution is -2.45. The molecule has 23 heavy (non-hydrogen) atoms. The van der Waals surface area contributed by atoms with E-state index in [9.17, 15) is 14.4 Å². The number of amides is 2. The SMILES string of the molecule is CCC[C@H](CC(=O)OC(C)(C)C)C(=O)N1C(=O)OC[C@@H]1C(C)C. The van der Waals surface area contributed by atoms with Crippen LogP contribution >= 0.6 is 0 Å². The van der Waals surface area contributed by atoms with E-state index in [0.717, 1.165) is 6.42 Å². The summed E-state index contributed by atoms with van der Waals surface area (Å²) in [5, 5.41) is 0. The lowest BCUT2D eigenvalue weighted by atomic mass is 9.96. The first kappa shape index (κ1) is 19.5. The molecule has 0 bridgehead atoms. The zero-order valence-corrected chi connectivity index (χ0v) is 15.0. The Balaban J connectivity index is 2.85. The summed E-state index contributed by atoms with van der Waals surface area (Å²) in [6.45, 7) is 11.4. The van der Waals surface area contributed by atoms with Crippen LogP contribution in [-0.4, -0.2) is 41.1 Å². The van der Waals surface area contributed by atoms with Crippen LogP contribution in [0.4, 0.5) is 4.79 Å². The van der Waals surface area contributed by atoms with Gasteiger partial charge in [-0.25, -0.2) is 9.69 Å². The molecule has 1 aliphatic heterocycles. The number of hydrogen-bond acceptors (Lipinski definition) is 5. The fourth-order valence-electron chi connectivity index (χ4n) is 2.62. The van der Waals surface area contributed by atoms with Gasteiger partial charge in [0.05, 0.1) is 12.5 Å². The molecular formula is C17H29NO5. The third-order valence-corrected chi connectivity index (χ3v) is 3.73. The number of nitrogens with zero attached hydrogens (tertiary/aromatic N) is 1. The first-order valence-electron chi connectivity index (χ1n) is 8.28. The maximum Gasteiger partial charge on any atom is 0.416 e. The van der Waals surface area contributed by atoms with E-state index < -0.39 is 23.6 Å². The van der Waals surface area contributed by atoms with Crippen LogP contribution in [0.15, 0.2) is 0 Å². The van der Waals surface area contributed by atoms with Crippen molar-refractivity contribution < 1.29 is 23.9 Å². The second-order valence-corrected chi connectivity index (χ2v) is 7.37. The molecule has 0 unspecified atom stereocenters. The summed E-state index contributed by atoms with van der Waals surface area (Å²) in [6, 6.07) is -0.270. The smallest absolute Gasteiger partial charge is 0.416 e. The normalized spacial score (nSPS) is 19.7. The van der Waals surface area contributed by atoms with E-state index in [1.165, 1.54) is 4.90 Å². The molecule has 0 radical (unpaired) electrons. The van der Waals surface area contributed by atoms with Gasteiger partial charge in [0.2, 0.25) is 5.91 Å². The highest BCUT2D eigenvalue weighted by atomic mass is 16.6. The Labute approximate surface area is 138 Å². The monoisotopic (exact) mass is 327 g/mol. The van der Waals surface area contributed by atoms with Crippen molar-refractivity contribution in [1.82, 2.24) is 4.90 Å². The number of esters is 1. The number of rotatable bonds is 6. The van der Waals surface area contributed by atoms with Crippen LogP contribution in [0.25, 0.3) is 0 Å². The first-order chi connectivity index (χ1) is 10.6. The Bertz CT molecular complexity index is 452. The average Bonchev–Trinajstić information content (AvgIpc) is 2.77. The Morgan fingerprint density at radius 3 is 2.43 bits per heavy atom. The third-order valence-electron chi connectivity index (χ3n) is 3.73. The molecule has 0 spiro atoms. The molecule has 2 atom stereocenters. The summed E-state index contributed by atoms with van der Waals surface area (Å²) in [7, 11) is 0. The zero-order chi connectivity index (χ0) is 17.8. The molecule has 0 aromatic heterocycles. The van der Waals surface area contributed by atoms with Gasteiger partial charge in [-0.05, 0) is 33.1 Å². The van der Waals surface area contributed by atoms with Gasteiger partial charge in [0, 0.05) is 5.92 Å². The minimum absolute atomic E-state index is 0.0153. The lowest BCUT2D eigenvalue weighted by Gasteiger charge is -2.27. The number of cyclic esters (lactones) is 1. The van der Waals surface area contributed by atoms with Crippen molar-refractivity contribution in [3.8, 4) is 0 Å². The van der Waals surface area contributed by atoms with E-state index in [1.807, 2.05) is 20.8 Å². The van der Waals surface area contributed by atoms with Gasteiger partial charge in [-0.3, -0.25) is 9.59 Å². The standard InChI is InChI=1S/C17H29NO5/c1-7-8-12(9-14(19)23-17(4,5)6)15(20)18-13(11(2)3)10-22-16(18)21/h11-13H,7-10H2,1-6H3/t12-,13-/m1/s1. The maximum absolute atomic E-state index is 12.8. The summed E-state index contributed by atoms with van der Waals surface area (Å²) < 4.78 is 10.3. The predicted octanol–water partition coefficient (Wildman–Crippen LogP) is 3.14. The van der Waals surface area contributed by atoms with Crippen molar-refractivity contribution in [2.75, 3.05) is 6.61 Å². The van der Waals surface area contributed by atoms with Crippen LogP contribution in [-0.2, 0) is 19.1 Å². The van der Waals surface area contributed by atoms with E-state index in [2.05, 4.69) is 0 Å². The summed E-state index contributed by atoms with van der Waals surface area (Å²) in [5.74, 6) is -1.20. The van der Waals surface area contributed by atoms with Gasteiger partial charge in [0.25, 0.3) is 0 Å². The highest BCUT2D eigenvalue weighted by Crippen LogP contribution is 2.25. The topological polar surface area (TPSA) is 72.9 Å². The molecule has 2 amide bonds. The molecule has 0 aliphatic carbocycles. The van der Waals surface area contributed by atoms with E-state index in [1.54, 1.807) is 20.8 Å². The zero-order valence-electron chi connectivity index (χ0n) is 15.0. The first-order valence-corrected chi connectivity index (χ1v) is 8.28. The van der Waals surface area contributed by atoms with Crippen molar-refractivity contribution in [2.24, 2.45) is 11.8 Å². The van der Waals surface area contributed by atoms with E-state index >= 15 is 0 Å². The van der Waals surface area contributed by atoms with Crippen molar-refractivity contribution in [3.05, 3.63) is 0 Å². The number of imide groups is 1. The van der Waals surface area contributed by atoms with Crippen molar-refractivity contribution in [1.29, 1.82) is 0 Å². The molecule has 6 heteroatoms. The van der Waals surface area contributed by atoms with Crippen LogP contribution in [0.1, 0.15) is 60.8 Å². The summed E-state index contributed by atoms with van der Waals surface area (Å²) in [6.07, 6.45) is 0.651. The minimum atomic E-state index is -0.612. The predicted molar refractivity (Wildman–Crippen MR) is 85.7 cm³/mol. The summed E-state index contributed by atoms with van der Waals surface area (Å²) in [5.41, 5.74) is -0.593. The number of carbonyl (C=O) groups is 3. The van der Waals surface area contributed by atoms with Crippen LogP contribution in [0.3, 0.4) is 0 Å². The molecular weight excluding hydrogens is 298 g/mol. The number of carbonyl (C=O) groups excluding carboxylic acids is 3. The molecule has 1 rings (SSSR count). The quantitative estimate of drug-likeness (QED) is 0.701. The van der Waals surface area contributed by atoms with Crippen LogP contribution in [0.2, 0.25) is 0 Å². The summed E-state index contributed by atoms with van der Waals surface area (Å²) in [4.78, 5) is 37.9. The fraction of sp³-hybridized carbons (Fsp3) is 0.824. The molecule has 0 saturated carbocycles. The van der Waals surface area contributed by atoms with E-state index in [0.29, 0.717) is 6.42 Å². The average molecular weight is 327 g/mol. The van der Waals surface area contributed by atoms with Crippen molar-refractivity contribution >= 4 is 18.0 Å². The van der Waals surface area contributed by atoms with Gasteiger partial charge in [0.15, 0.2) is 0 Å². The highest BCUT2D eigenvalue weighted by molar-refractivity contribution is 5.96. The Kier molecular flexibility index (Phi) is 6.59. The Morgan fingerprint density at radius 2 is 1.96 bits per heavy atom. The molecule has 0 aromatic rings. The van der Waals surface area contributed by atoms with Gasteiger partial charge in [-0.2, -0.15) is 0 Å². The van der Waals surface area contributed by atoms with Gasteiger partial charge >= 0.3 is 12.1 Å². The van der Waals surface area contributed by atoms with E-state index in [-0.39, 0.29) is 30.9 Å². The minimum Gasteiger partial charge on any atom is -0.460 e. The lowest BCUT2D eigenvalue weighted by molar-refractivity contribution is -0.158. The molecule has 1 fully saturated rings. The Hall–Kier alpha value is -1.59. The van der Waals surface area contributed by atoms with Crippen LogP contribution in [0.5, 0.6) is 0 Å². The van der Waals surface area contributed by atoms with Gasteiger partial charge in [-0.15, -0.1) is 0 Å². The van der Waals surface area contributed by atoms with E-state index in [4.69, 9.17) is 9.47 Å². The second kappa shape index (κ2) is 7.79. The maximum atomic E-state index is 12.8. The molecule has 6 nitrogen and oxygen atoms in total. The molecule has 0 N–H and O–H groups in total. The van der Waals surface area contributed by atoms with Gasteiger partial charge in [0.1, 0.15) is 12.2 Å². The van der Waals surface area contributed by atoms with Crippen LogP contribution in [0, 0.1) is 11.8 Å². The van der Waals surface area contributed by atoms with Crippen molar-refractivity contribution in [3.63, 3.8) is 0 Å². The van der Waals surface area contributed by atoms with Crippen LogP contribution < -0.4 is 0 Å². The number of ether oxygens (including phenoxy) is 2. The molecule has 132 valence electrons. The van der Waals surface area contributed by atoms with Crippen molar-refractivity contribution in [2.45, 2.75) is 72.4 Å². The van der Waals surface area contributed by atoms with Gasteiger partial charge in [-0.1, -0.05) is 27.2 Å². The third kappa shape index (κ3) is 5.52. The second-order valence-electron chi connectivity index (χ2n) is 7.37. The Morgan fingerprint density at radius 1 is 1.35 bits per heavy atom. The van der Waals surface area contributed by atoms with Gasteiger partial charge < -0.3 is 9.47 Å². The summed E-state index contributed by atoms with van der Waals surface area (Å²) >= 11 is 0. The largest absolute Gasteiger partial charge is 0.460 e. The molecule has 1 aliphatic rings. The fourth-order valence-corrected chi connectivity index (χ4v) is 2.62.